The van der Waals surface area contributed by atoms with Gasteiger partial charge in [-0.1, -0.05) is 11.6 Å². The van der Waals surface area contributed by atoms with Crippen molar-refractivity contribution in [2.45, 2.75) is 18.9 Å². The lowest BCUT2D eigenvalue weighted by Crippen LogP contribution is -2.22. The molecule has 1 aromatic heterocycles. The molecule has 0 bridgehead atoms. The van der Waals surface area contributed by atoms with Crippen molar-refractivity contribution < 1.29 is 26.3 Å². The quantitative estimate of drug-likeness (QED) is 0.672. The van der Waals surface area contributed by atoms with Crippen molar-refractivity contribution in [3.63, 3.8) is 0 Å². The number of nitrogens with zero attached hydrogens (tertiary/aromatic N) is 1. The van der Waals surface area contributed by atoms with Crippen LogP contribution in [-0.2, 0) is 12.7 Å². The van der Waals surface area contributed by atoms with Crippen LogP contribution in [0.1, 0.15) is 10.4 Å². The van der Waals surface area contributed by atoms with Gasteiger partial charge in [-0.15, -0.1) is 11.3 Å². The first-order valence-corrected chi connectivity index (χ1v) is 7.60. The summed E-state index contributed by atoms with van der Waals surface area (Å²) in [4.78, 5) is 4.40. The number of anilines is 2. The minimum atomic E-state index is -4.60. The summed E-state index contributed by atoms with van der Waals surface area (Å²) in [7, 11) is 0. The summed E-state index contributed by atoms with van der Waals surface area (Å²) in [5.74, 6) is 0. The van der Waals surface area contributed by atoms with Crippen molar-refractivity contribution in [2.24, 2.45) is 0 Å². The second-order valence-electron chi connectivity index (χ2n) is 4.66. The van der Waals surface area contributed by atoms with E-state index in [1.54, 1.807) is 0 Å². The summed E-state index contributed by atoms with van der Waals surface area (Å²) in [6.07, 6.45) is -7.67. The third-order valence-corrected chi connectivity index (χ3v) is 3.92. The number of thiazole rings is 1. The van der Waals surface area contributed by atoms with E-state index in [2.05, 4.69) is 15.6 Å². The number of aromatic nitrogens is 1. The molecule has 2 rings (SSSR count). The standard InChI is InChI=1S/C13H10ClF6N3S/c14-11-22-5-8(24-11)4-21-10-3-7(13(18,19)20)1-2-9(10)23-6-12(15,16)17/h1-3,5,21,23H,4,6H2. The van der Waals surface area contributed by atoms with Gasteiger partial charge in [0.15, 0.2) is 4.47 Å². The fourth-order valence-electron chi connectivity index (χ4n) is 1.76. The fraction of sp³-hybridized carbons (Fsp3) is 0.308. The summed E-state index contributed by atoms with van der Waals surface area (Å²) in [6.45, 7) is -1.29. The molecule has 1 aromatic carbocycles. The van der Waals surface area contributed by atoms with E-state index in [4.69, 9.17) is 11.6 Å². The van der Waals surface area contributed by atoms with Crippen LogP contribution in [0.2, 0.25) is 4.47 Å². The number of benzene rings is 1. The molecule has 0 fully saturated rings. The van der Waals surface area contributed by atoms with Crippen LogP contribution in [-0.4, -0.2) is 17.7 Å². The molecular weight excluding hydrogens is 380 g/mol. The van der Waals surface area contributed by atoms with E-state index in [0.717, 1.165) is 23.5 Å². The van der Waals surface area contributed by atoms with E-state index in [9.17, 15) is 26.3 Å². The molecule has 0 saturated carbocycles. The first kappa shape index (κ1) is 18.7. The Morgan fingerprint density at radius 1 is 1.04 bits per heavy atom. The Bertz CT molecular complexity index is 698. The Labute approximate surface area is 141 Å². The van der Waals surface area contributed by atoms with Gasteiger partial charge in [0, 0.05) is 11.1 Å². The Balaban J connectivity index is 2.22. The largest absolute Gasteiger partial charge is 0.416 e. The highest BCUT2D eigenvalue weighted by Crippen LogP contribution is 2.35. The number of alkyl halides is 6. The minimum Gasteiger partial charge on any atom is -0.378 e. The predicted octanol–water partition coefficient (Wildman–Crippen LogP) is 5.40. The van der Waals surface area contributed by atoms with Crippen LogP contribution in [0.5, 0.6) is 0 Å². The van der Waals surface area contributed by atoms with Crippen LogP contribution < -0.4 is 10.6 Å². The maximum Gasteiger partial charge on any atom is 0.416 e. The van der Waals surface area contributed by atoms with E-state index in [1.165, 1.54) is 6.20 Å². The van der Waals surface area contributed by atoms with E-state index < -0.39 is 24.5 Å². The van der Waals surface area contributed by atoms with Gasteiger partial charge in [-0.2, -0.15) is 26.3 Å². The van der Waals surface area contributed by atoms with E-state index in [-0.39, 0.29) is 22.4 Å². The molecule has 0 radical (unpaired) electrons. The van der Waals surface area contributed by atoms with Crippen LogP contribution in [0.3, 0.4) is 0 Å². The van der Waals surface area contributed by atoms with Crippen molar-refractivity contribution in [1.29, 1.82) is 0 Å². The molecule has 2 N–H and O–H groups in total. The van der Waals surface area contributed by atoms with E-state index >= 15 is 0 Å². The molecular formula is C13H10ClF6N3S. The Morgan fingerprint density at radius 3 is 2.29 bits per heavy atom. The van der Waals surface area contributed by atoms with Gasteiger partial charge in [0.05, 0.1) is 23.5 Å². The number of rotatable bonds is 5. The molecule has 132 valence electrons. The average Bonchev–Trinajstić information content (AvgIpc) is 2.87. The number of hydrogen-bond acceptors (Lipinski definition) is 4. The summed E-state index contributed by atoms with van der Waals surface area (Å²) in [6, 6.07) is 2.42. The molecule has 0 spiro atoms. The highest BCUT2D eigenvalue weighted by atomic mass is 35.5. The lowest BCUT2D eigenvalue weighted by atomic mass is 10.1. The molecule has 11 heteroatoms. The Hall–Kier alpha value is -1.68. The molecule has 0 amide bonds. The third kappa shape index (κ3) is 5.45. The second-order valence-corrected chi connectivity index (χ2v) is 6.36. The SMILES string of the molecule is FC(F)(F)CNc1ccc(C(F)(F)F)cc1NCc1cnc(Cl)s1. The molecule has 0 aliphatic carbocycles. The first-order chi connectivity index (χ1) is 11.0. The highest BCUT2D eigenvalue weighted by molar-refractivity contribution is 7.15. The van der Waals surface area contributed by atoms with Crippen molar-refractivity contribution in [2.75, 3.05) is 17.2 Å². The van der Waals surface area contributed by atoms with Crippen LogP contribution >= 0.6 is 22.9 Å². The molecule has 0 saturated heterocycles. The minimum absolute atomic E-state index is 0.0758. The Kier molecular flexibility index (Phi) is 5.49. The maximum atomic E-state index is 12.8. The topological polar surface area (TPSA) is 37.0 Å². The van der Waals surface area contributed by atoms with Crippen molar-refractivity contribution >= 4 is 34.3 Å². The van der Waals surface area contributed by atoms with E-state index in [0.29, 0.717) is 10.9 Å². The van der Waals surface area contributed by atoms with Crippen molar-refractivity contribution in [1.82, 2.24) is 4.98 Å². The zero-order valence-electron chi connectivity index (χ0n) is 11.7. The molecule has 0 atom stereocenters. The second kappa shape index (κ2) is 7.06. The van der Waals surface area contributed by atoms with Gasteiger partial charge >= 0.3 is 12.4 Å². The van der Waals surface area contributed by atoms with Crippen LogP contribution in [0, 0.1) is 0 Å². The lowest BCUT2D eigenvalue weighted by Gasteiger charge is -2.17. The molecule has 3 nitrogen and oxygen atoms in total. The number of halogens is 7. The van der Waals surface area contributed by atoms with Crippen LogP contribution in [0.15, 0.2) is 24.4 Å². The highest BCUT2D eigenvalue weighted by Gasteiger charge is 2.32. The molecule has 0 unspecified atom stereocenters. The molecule has 0 aliphatic rings. The van der Waals surface area contributed by atoms with E-state index in [1.807, 2.05) is 0 Å². The maximum absolute atomic E-state index is 12.8. The van der Waals surface area contributed by atoms with Gasteiger partial charge in [0.1, 0.15) is 6.54 Å². The van der Waals surface area contributed by atoms with Gasteiger partial charge in [-0.3, -0.25) is 0 Å². The Morgan fingerprint density at radius 2 is 1.75 bits per heavy atom. The van der Waals surface area contributed by atoms with Gasteiger partial charge in [-0.25, -0.2) is 4.98 Å². The van der Waals surface area contributed by atoms with Crippen LogP contribution in [0.25, 0.3) is 0 Å². The third-order valence-electron chi connectivity index (χ3n) is 2.80. The lowest BCUT2D eigenvalue weighted by molar-refractivity contribution is -0.137. The molecule has 0 aliphatic heterocycles. The molecule has 24 heavy (non-hydrogen) atoms. The van der Waals surface area contributed by atoms with Crippen molar-refractivity contribution in [3.8, 4) is 0 Å². The van der Waals surface area contributed by atoms with Gasteiger partial charge in [-0.05, 0) is 18.2 Å². The van der Waals surface area contributed by atoms with Crippen molar-refractivity contribution in [3.05, 3.63) is 39.3 Å². The molecule has 2 aromatic rings. The van der Waals surface area contributed by atoms with Gasteiger partial charge in [0.25, 0.3) is 0 Å². The molecule has 1 heterocycles. The summed E-state index contributed by atoms with van der Waals surface area (Å²) >= 11 is 6.76. The number of nitrogens with one attached hydrogen (secondary N) is 2. The normalized spacial score (nSPS) is 12.3. The summed E-state index contributed by atoms with van der Waals surface area (Å²) in [5, 5.41) is 4.75. The number of hydrogen-bond donors (Lipinski definition) is 2. The van der Waals surface area contributed by atoms with Gasteiger partial charge in [0.2, 0.25) is 0 Å². The zero-order valence-corrected chi connectivity index (χ0v) is 13.3. The fourth-order valence-corrected chi connectivity index (χ4v) is 2.68. The van der Waals surface area contributed by atoms with Gasteiger partial charge < -0.3 is 10.6 Å². The predicted molar refractivity (Wildman–Crippen MR) is 80.4 cm³/mol. The zero-order chi connectivity index (χ0) is 18.0. The summed E-state index contributed by atoms with van der Waals surface area (Å²) < 4.78 is 75.6. The smallest absolute Gasteiger partial charge is 0.378 e. The average molecular weight is 390 g/mol. The van der Waals surface area contributed by atoms with Crippen LogP contribution in [0.4, 0.5) is 37.7 Å². The summed E-state index contributed by atoms with van der Waals surface area (Å²) in [5.41, 5.74) is -1.15. The first-order valence-electron chi connectivity index (χ1n) is 6.40. The monoisotopic (exact) mass is 389 g/mol.